The predicted molar refractivity (Wildman–Crippen MR) is 72.9 cm³/mol. The van der Waals surface area contributed by atoms with Gasteiger partial charge in [-0.25, -0.2) is 0 Å². The van der Waals surface area contributed by atoms with Gasteiger partial charge in [0.05, 0.1) is 17.5 Å². The number of carbonyl (C=O) groups is 1. The maximum absolute atomic E-state index is 11.8. The van der Waals surface area contributed by atoms with Gasteiger partial charge in [0.25, 0.3) is 0 Å². The minimum Gasteiger partial charge on any atom is -0.361 e. The third kappa shape index (κ3) is 3.56. The number of aromatic nitrogens is 5. The number of hydrogen-bond donors (Lipinski definition) is 2. The van der Waals surface area contributed by atoms with Crippen LogP contribution in [0.25, 0.3) is 0 Å². The van der Waals surface area contributed by atoms with Gasteiger partial charge in [-0.2, -0.15) is 5.21 Å². The minimum absolute atomic E-state index is 0.0703. The van der Waals surface area contributed by atoms with E-state index in [0.717, 1.165) is 17.0 Å². The Morgan fingerprint density at radius 2 is 2.30 bits per heavy atom. The van der Waals surface area contributed by atoms with E-state index in [1.165, 1.54) is 11.8 Å². The second-order valence-electron chi connectivity index (χ2n) is 4.35. The van der Waals surface area contributed by atoms with Crippen LogP contribution in [0.3, 0.4) is 0 Å². The summed E-state index contributed by atoms with van der Waals surface area (Å²) in [7, 11) is 0. The van der Waals surface area contributed by atoms with Gasteiger partial charge in [-0.15, -0.1) is 22.0 Å². The molecule has 0 aliphatic heterocycles. The number of carbonyl (C=O) groups excluding carboxylic acids is 1. The Kier molecular flexibility index (Phi) is 4.72. The molecular formula is C11H16N6O2S. The largest absolute Gasteiger partial charge is 0.361 e. The molecule has 1 unspecified atom stereocenters. The maximum Gasteiger partial charge on any atom is 0.230 e. The van der Waals surface area contributed by atoms with Crippen molar-refractivity contribution in [2.45, 2.75) is 32.6 Å². The van der Waals surface area contributed by atoms with E-state index in [0.29, 0.717) is 17.3 Å². The highest BCUT2D eigenvalue weighted by molar-refractivity contribution is 7.99. The van der Waals surface area contributed by atoms with Crippen molar-refractivity contribution in [3.8, 4) is 0 Å². The van der Waals surface area contributed by atoms with Crippen LogP contribution in [0.5, 0.6) is 0 Å². The first-order valence-electron chi connectivity index (χ1n) is 6.10. The molecule has 1 amide bonds. The fraction of sp³-hybridized carbons (Fsp3) is 0.545. The van der Waals surface area contributed by atoms with Crippen LogP contribution >= 0.6 is 11.8 Å². The lowest BCUT2D eigenvalue weighted by molar-refractivity contribution is -0.119. The van der Waals surface area contributed by atoms with Gasteiger partial charge in [0.2, 0.25) is 5.91 Å². The molecule has 2 heterocycles. The van der Waals surface area contributed by atoms with Gasteiger partial charge in [0, 0.05) is 11.3 Å². The van der Waals surface area contributed by atoms with Crippen molar-refractivity contribution in [1.82, 2.24) is 31.1 Å². The van der Waals surface area contributed by atoms with Crippen LogP contribution in [-0.2, 0) is 10.5 Å². The van der Waals surface area contributed by atoms with E-state index in [2.05, 4.69) is 31.1 Å². The lowest BCUT2D eigenvalue weighted by Crippen LogP contribution is -2.29. The SMILES string of the molecule is Cc1noc(C)c1CSCC(=O)NC(C)c1nn[nH]n1. The number of amides is 1. The fourth-order valence-electron chi connectivity index (χ4n) is 1.65. The Morgan fingerprint density at radius 1 is 1.50 bits per heavy atom. The van der Waals surface area contributed by atoms with Crippen LogP contribution in [-0.4, -0.2) is 37.4 Å². The zero-order chi connectivity index (χ0) is 14.5. The predicted octanol–water partition coefficient (Wildman–Crippen LogP) is 0.915. The average molecular weight is 296 g/mol. The summed E-state index contributed by atoms with van der Waals surface area (Å²) < 4.78 is 5.08. The molecule has 0 aliphatic carbocycles. The zero-order valence-electron chi connectivity index (χ0n) is 11.5. The summed E-state index contributed by atoms with van der Waals surface area (Å²) >= 11 is 1.51. The Balaban J connectivity index is 1.76. The first-order valence-corrected chi connectivity index (χ1v) is 7.25. The second-order valence-corrected chi connectivity index (χ2v) is 5.34. The fourth-order valence-corrected chi connectivity index (χ4v) is 2.64. The molecule has 8 nitrogen and oxygen atoms in total. The third-order valence-corrected chi connectivity index (χ3v) is 3.75. The molecule has 0 saturated carbocycles. The van der Waals surface area contributed by atoms with E-state index in [-0.39, 0.29) is 11.9 Å². The molecule has 20 heavy (non-hydrogen) atoms. The highest BCUT2D eigenvalue weighted by Gasteiger charge is 2.14. The molecule has 0 spiro atoms. The topological polar surface area (TPSA) is 110 Å². The van der Waals surface area contributed by atoms with E-state index in [1.807, 2.05) is 20.8 Å². The molecule has 2 aromatic rings. The van der Waals surface area contributed by atoms with E-state index in [1.54, 1.807) is 0 Å². The number of hydrogen-bond acceptors (Lipinski definition) is 7. The highest BCUT2D eigenvalue weighted by Crippen LogP contribution is 2.19. The summed E-state index contributed by atoms with van der Waals surface area (Å²) in [6.07, 6.45) is 0. The van der Waals surface area contributed by atoms with Gasteiger partial charge in [-0.1, -0.05) is 10.4 Å². The first kappa shape index (κ1) is 14.5. The van der Waals surface area contributed by atoms with E-state index in [4.69, 9.17) is 4.52 Å². The number of nitrogens with zero attached hydrogens (tertiary/aromatic N) is 4. The van der Waals surface area contributed by atoms with E-state index < -0.39 is 0 Å². The minimum atomic E-state index is -0.263. The van der Waals surface area contributed by atoms with Crippen LogP contribution in [0.1, 0.15) is 35.8 Å². The number of thioether (sulfide) groups is 1. The summed E-state index contributed by atoms with van der Waals surface area (Å²) in [5, 5.41) is 20.1. The van der Waals surface area contributed by atoms with Gasteiger partial charge in [-0.05, 0) is 20.8 Å². The average Bonchev–Trinajstić information content (AvgIpc) is 3.03. The molecule has 0 aliphatic rings. The summed E-state index contributed by atoms with van der Waals surface area (Å²) in [6, 6.07) is -0.263. The number of aryl methyl sites for hydroxylation is 2. The second kappa shape index (κ2) is 6.51. The van der Waals surface area contributed by atoms with Crippen molar-refractivity contribution in [3.05, 3.63) is 22.8 Å². The van der Waals surface area contributed by atoms with Crippen molar-refractivity contribution < 1.29 is 9.32 Å². The highest BCUT2D eigenvalue weighted by atomic mass is 32.2. The number of tetrazole rings is 1. The standard InChI is InChI=1S/C11H16N6O2S/c1-6-9(8(3)19-15-6)4-20-5-10(18)12-7(2)11-13-16-17-14-11/h7H,4-5H2,1-3H3,(H,12,18)(H,13,14,16,17). The quantitative estimate of drug-likeness (QED) is 0.815. The molecule has 2 aromatic heterocycles. The molecular weight excluding hydrogens is 280 g/mol. The van der Waals surface area contributed by atoms with Crippen LogP contribution in [0.15, 0.2) is 4.52 Å². The van der Waals surface area contributed by atoms with Crippen molar-refractivity contribution in [1.29, 1.82) is 0 Å². The molecule has 0 fully saturated rings. The van der Waals surface area contributed by atoms with Gasteiger partial charge in [-0.3, -0.25) is 4.79 Å². The Bertz CT molecular complexity index is 548. The summed E-state index contributed by atoms with van der Waals surface area (Å²) in [5.41, 5.74) is 1.92. The van der Waals surface area contributed by atoms with Gasteiger partial charge >= 0.3 is 0 Å². The number of rotatable bonds is 6. The van der Waals surface area contributed by atoms with Crippen LogP contribution in [0.2, 0.25) is 0 Å². The number of nitrogens with one attached hydrogen (secondary N) is 2. The van der Waals surface area contributed by atoms with Gasteiger partial charge in [0.15, 0.2) is 5.82 Å². The first-order chi connectivity index (χ1) is 9.58. The number of aromatic amines is 1. The Hall–Kier alpha value is -1.90. The Labute approximate surface area is 120 Å². The maximum atomic E-state index is 11.8. The van der Waals surface area contributed by atoms with E-state index >= 15 is 0 Å². The van der Waals surface area contributed by atoms with Crippen molar-refractivity contribution in [3.63, 3.8) is 0 Å². The molecule has 0 saturated heterocycles. The zero-order valence-corrected chi connectivity index (χ0v) is 12.3. The number of H-pyrrole nitrogens is 1. The van der Waals surface area contributed by atoms with Crippen LogP contribution in [0, 0.1) is 13.8 Å². The summed E-state index contributed by atoms with van der Waals surface area (Å²) in [5.74, 6) is 2.25. The third-order valence-electron chi connectivity index (χ3n) is 2.79. The lowest BCUT2D eigenvalue weighted by atomic mass is 10.2. The van der Waals surface area contributed by atoms with Crippen LogP contribution in [0.4, 0.5) is 0 Å². The molecule has 0 bridgehead atoms. The van der Waals surface area contributed by atoms with Crippen molar-refractivity contribution in [2.75, 3.05) is 5.75 Å². The molecule has 2 N–H and O–H groups in total. The van der Waals surface area contributed by atoms with E-state index in [9.17, 15) is 4.79 Å². The Morgan fingerprint density at radius 3 is 2.90 bits per heavy atom. The lowest BCUT2D eigenvalue weighted by Gasteiger charge is -2.09. The smallest absolute Gasteiger partial charge is 0.230 e. The summed E-state index contributed by atoms with van der Waals surface area (Å²) in [4.78, 5) is 11.8. The molecule has 9 heteroatoms. The van der Waals surface area contributed by atoms with Gasteiger partial charge in [0.1, 0.15) is 5.76 Å². The molecule has 0 radical (unpaired) electrons. The van der Waals surface area contributed by atoms with Crippen molar-refractivity contribution >= 4 is 17.7 Å². The molecule has 1 atom stereocenters. The summed E-state index contributed by atoms with van der Waals surface area (Å²) in [6.45, 7) is 5.57. The van der Waals surface area contributed by atoms with Gasteiger partial charge < -0.3 is 9.84 Å². The normalized spacial score (nSPS) is 12.3. The molecule has 108 valence electrons. The van der Waals surface area contributed by atoms with Crippen molar-refractivity contribution in [2.24, 2.45) is 0 Å². The monoisotopic (exact) mass is 296 g/mol. The molecule has 0 aromatic carbocycles. The molecule has 2 rings (SSSR count). The van der Waals surface area contributed by atoms with Crippen LogP contribution < -0.4 is 5.32 Å².